The van der Waals surface area contributed by atoms with Crippen molar-refractivity contribution in [1.82, 2.24) is 19.7 Å². The van der Waals surface area contributed by atoms with Crippen LogP contribution in [0.4, 0.5) is 5.69 Å². The Bertz CT molecular complexity index is 1470. The first-order valence-corrected chi connectivity index (χ1v) is 12.2. The quantitative estimate of drug-likeness (QED) is 0.424. The zero-order chi connectivity index (χ0) is 26.1. The number of ether oxygens (including phenoxy) is 2. The molecule has 0 saturated carbocycles. The Morgan fingerprint density at radius 3 is 2.46 bits per heavy atom. The maximum Gasteiger partial charge on any atom is 0.256 e. The first-order chi connectivity index (χ1) is 17.8. The van der Waals surface area contributed by atoms with E-state index in [1.807, 2.05) is 48.9 Å². The standard InChI is InChI=1S/C28H29N5O4/c1-17(2)33-27-22(16-29-33)21(15-23(31-27)19-7-10-24-25(14-19)37-12-11-36-24)28(35)30-20-8-5-18(6-9-20)13-26(34)32(3)4/h5-10,14-17H,11-13H2,1-4H3,(H,30,35). The Labute approximate surface area is 215 Å². The van der Waals surface area contributed by atoms with Crippen LogP contribution in [-0.4, -0.2) is 58.8 Å². The minimum Gasteiger partial charge on any atom is -0.486 e. The molecule has 37 heavy (non-hydrogen) atoms. The van der Waals surface area contributed by atoms with E-state index in [9.17, 15) is 9.59 Å². The summed E-state index contributed by atoms with van der Waals surface area (Å²) in [5.41, 5.74) is 4.05. The van der Waals surface area contributed by atoms with E-state index in [1.165, 1.54) is 0 Å². The zero-order valence-electron chi connectivity index (χ0n) is 21.3. The second-order valence-corrected chi connectivity index (χ2v) is 9.45. The summed E-state index contributed by atoms with van der Waals surface area (Å²) in [5.74, 6) is 1.09. The summed E-state index contributed by atoms with van der Waals surface area (Å²) in [6.07, 6.45) is 1.99. The van der Waals surface area contributed by atoms with Gasteiger partial charge >= 0.3 is 0 Å². The van der Waals surface area contributed by atoms with Gasteiger partial charge in [-0.3, -0.25) is 9.59 Å². The number of nitrogens with zero attached hydrogens (tertiary/aromatic N) is 4. The van der Waals surface area contributed by atoms with Crippen molar-refractivity contribution in [3.05, 3.63) is 65.9 Å². The van der Waals surface area contributed by atoms with Gasteiger partial charge in [0.05, 0.1) is 29.3 Å². The molecule has 4 aromatic rings. The van der Waals surface area contributed by atoms with Gasteiger partial charge in [0, 0.05) is 31.4 Å². The highest BCUT2D eigenvalue weighted by Crippen LogP contribution is 2.35. The van der Waals surface area contributed by atoms with Crippen molar-refractivity contribution in [3.8, 4) is 22.8 Å². The van der Waals surface area contributed by atoms with Crippen LogP contribution in [0.5, 0.6) is 11.5 Å². The van der Waals surface area contributed by atoms with Crippen LogP contribution in [0, 0.1) is 0 Å². The van der Waals surface area contributed by atoms with E-state index in [-0.39, 0.29) is 17.9 Å². The van der Waals surface area contributed by atoms with E-state index < -0.39 is 0 Å². The smallest absolute Gasteiger partial charge is 0.256 e. The number of rotatable bonds is 6. The van der Waals surface area contributed by atoms with E-state index >= 15 is 0 Å². The normalized spacial score (nSPS) is 12.6. The highest BCUT2D eigenvalue weighted by molar-refractivity contribution is 6.12. The summed E-state index contributed by atoms with van der Waals surface area (Å²) in [5, 5.41) is 8.14. The van der Waals surface area contributed by atoms with Gasteiger partial charge in [-0.05, 0) is 55.8 Å². The van der Waals surface area contributed by atoms with Crippen molar-refractivity contribution in [2.24, 2.45) is 0 Å². The Morgan fingerprint density at radius 1 is 1.03 bits per heavy atom. The largest absolute Gasteiger partial charge is 0.486 e. The van der Waals surface area contributed by atoms with E-state index in [4.69, 9.17) is 14.5 Å². The van der Waals surface area contributed by atoms with E-state index in [2.05, 4.69) is 10.4 Å². The van der Waals surface area contributed by atoms with Crippen molar-refractivity contribution in [2.45, 2.75) is 26.3 Å². The molecule has 9 heteroatoms. The van der Waals surface area contributed by atoms with Crippen molar-refractivity contribution >= 4 is 28.5 Å². The first-order valence-electron chi connectivity index (χ1n) is 12.2. The number of amides is 2. The zero-order valence-corrected chi connectivity index (χ0v) is 21.3. The number of hydrogen-bond donors (Lipinski definition) is 1. The van der Waals surface area contributed by atoms with Gasteiger partial charge in [-0.15, -0.1) is 0 Å². The molecule has 1 N–H and O–H groups in total. The number of hydrogen-bond acceptors (Lipinski definition) is 6. The molecular formula is C28H29N5O4. The molecule has 0 spiro atoms. The highest BCUT2D eigenvalue weighted by atomic mass is 16.6. The second kappa shape index (κ2) is 9.93. The monoisotopic (exact) mass is 499 g/mol. The Balaban J connectivity index is 1.49. The molecule has 2 aromatic heterocycles. The van der Waals surface area contributed by atoms with E-state index in [0.717, 1.165) is 11.1 Å². The molecule has 2 aromatic carbocycles. The summed E-state index contributed by atoms with van der Waals surface area (Å²) in [6.45, 7) is 5.04. The van der Waals surface area contributed by atoms with Gasteiger partial charge in [-0.1, -0.05) is 12.1 Å². The molecule has 0 bridgehead atoms. The van der Waals surface area contributed by atoms with Gasteiger partial charge < -0.3 is 19.7 Å². The molecule has 0 saturated heterocycles. The lowest BCUT2D eigenvalue weighted by Crippen LogP contribution is -2.23. The van der Waals surface area contributed by atoms with Crippen LogP contribution in [0.2, 0.25) is 0 Å². The van der Waals surface area contributed by atoms with Gasteiger partial charge in [0.15, 0.2) is 17.1 Å². The molecule has 0 atom stereocenters. The van der Waals surface area contributed by atoms with Crippen LogP contribution in [-0.2, 0) is 11.2 Å². The predicted octanol–water partition coefficient (Wildman–Crippen LogP) is 4.33. The van der Waals surface area contributed by atoms with Crippen LogP contribution < -0.4 is 14.8 Å². The molecule has 2 amide bonds. The molecule has 9 nitrogen and oxygen atoms in total. The lowest BCUT2D eigenvalue weighted by atomic mass is 10.1. The molecule has 0 aliphatic carbocycles. The number of anilines is 1. The number of carbonyl (C=O) groups is 2. The summed E-state index contributed by atoms with van der Waals surface area (Å²) in [7, 11) is 3.46. The molecule has 0 radical (unpaired) electrons. The molecule has 3 heterocycles. The number of aromatic nitrogens is 3. The maximum absolute atomic E-state index is 13.5. The second-order valence-electron chi connectivity index (χ2n) is 9.45. The van der Waals surface area contributed by atoms with Crippen LogP contribution >= 0.6 is 0 Å². The summed E-state index contributed by atoms with van der Waals surface area (Å²) in [4.78, 5) is 31.9. The summed E-state index contributed by atoms with van der Waals surface area (Å²) in [6, 6.07) is 14.8. The van der Waals surface area contributed by atoms with Crippen LogP contribution in [0.1, 0.15) is 35.8 Å². The number of pyridine rings is 1. The fourth-order valence-electron chi connectivity index (χ4n) is 4.17. The highest BCUT2D eigenvalue weighted by Gasteiger charge is 2.20. The fraction of sp³-hybridized carbons (Fsp3) is 0.286. The lowest BCUT2D eigenvalue weighted by Gasteiger charge is -2.19. The van der Waals surface area contributed by atoms with Crippen molar-refractivity contribution in [3.63, 3.8) is 0 Å². The number of likely N-dealkylation sites (N-methyl/N-ethyl adjacent to an activating group) is 1. The number of fused-ring (bicyclic) bond motifs is 2. The van der Waals surface area contributed by atoms with E-state index in [0.29, 0.717) is 59.1 Å². The third kappa shape index (κ3) is 4.97. The summed E-state index contributed by atoms with van der Waals surface area (Å²) >= 11 is 0. The van der Waals surface area contributed by atoms with Gasteiger partial charge in [0.1, 0.15) is 13.2 Å². The minimum absolute atomic E-state index is 0.0183. The summed E-state index contributed by atoms with van der Waals surface area (Å²) < 4.78 is 13.2. The predicted molar refractivity (Wildman–Crippen MR) is 141 cm³/mol. The molecule has 1 aliphatic rings. The van der Waals surface area contributed by atoms with Crippen LogP contribution in [0.25, 0.3) is 22.3 Å². The molecule has 0 unspecified atom stereocenters. The van der Waals surface area contributed by atoms with Crippen LogP contribution in [0.15, 0.2) is 54.7 Å². The van der Waals surface area contributed by atoms with Gasteiger partial charge in [-0.2, -0.15) is 5.10 Å². The lowest BCUT2D eigenvalue weighted by molar-refractivity contribution is -0.127. The van der Waals surface area contributed by atoms with Gasteiger partial charge in [0.2, 0.25) is 5.91 Å². The molecule has 5 rings (SSSR count). The van der Waals surface area contributed by atoms with Crippen molar-refractivity contribution < 1.29 is 19.1 Å². The molecule has 190 valence electrons. The first kappa shape index (κ1) is 24.3. The average Bonchev–Trinajstić information content (AvgIpc) is 3.33. The molecule has 1 aliphatic heterocycles. The molecule has 0 fully saturated rings. The Hall–Kier alpha value is -4.40. The Morgan fingerprint density at radius 2 is 1.76 bits per heavy atom. The maximum atomic E-state index is 13.5. The number of nitrogens with one attached hydrogen (secondary N) is 1. The van der Waals surface area contributed by atoms with Gasteiger partial charge in [0.25, 0.3) is 5.91 Å². The Kier molecular flexibility index (Phi) is 6.52. The van der Waals surface area contributed by atoms with Gasteiger partial charge in [-0.25, -0.2) is 9.67 Å². The molecular weight excluding hydrogens is 470 g/mol. The number of carbonyl (C=O) groups excluding carboxylic acids is 2. The van der Waals surface area contributed by atoms with E-state index in [1.54, 1.807) is 43.4 Å². The van der Waals surface area contributed by atoms with Crippen molar-refractivity contribution in [2.75, 3.05) is 32.6 Å². The SMILES string of the molecule is CC(C)n1ncc2c(C(=O)Nc3ccc(CC(=O)N(C)C)cc3)cc(-c3ccc4c(c3)OCCO4)nc21. The van der Waals surface area contributed by atoms with Crippen LogP contribution in [0.3, 0.4) is 0 Å². The average molecular weight is 500 g/mol. The van der Waals surface area contributed by atoms with Crippen molar-refractivity contribution in [1.29, 1.82) is 0 Å². The fourth-order valence-corrected chi connectivity index (χ4v) is 4.17. The third-order valence-electron chi connectivity index (χ3n) is 6.20. The minimum atomic E-state index is -0.272. The number of benzene rings is 2. The topological polar surface area (TPSA) is 98.6 Å². The third-order valence-corrected chi connectivity index (χ3v) is 6.20.